The van der Waals surface area contributed by atoms with Crippen molar-refractivity contribution in [3.63, 3.8) is 0 Å². The summed E-state index contributed by atoms with van der Waals surface area (Å²) in [7, 11) is 0. The number of amides is 2. The second-order valence-corrected chi connectivity index (χ2v) is 8.68. The van der Waals surface area contributed by atoms with Gasteiger partial charge in [-0.1, -0.05) is 46.3 Å². The molecular weight excluding hydrogens is 416 g/mol. The Labute approximate surface area is 174 Å². The first-order chi connectivity index (χ1) is 13.6. The van der Waals surface area contributed by atoms with E-state index in [1.807, 2.05) is 35.2 Å². The average Bonchev–Trinajstić information content (AvgIpc) is 3.11. The molecule has 2 aromatic rings. The molecule has 0 aromatic heterocycles. The van der Waals surface area contributed by atoms with Crippen molar-refractivity contribution in [2.24, 2.45) is 11.8 Å². The van der Waals surface area contributed by atoms with Crippen LogP contribution in [0.1, 0.15) is 24.8 Å². The van der Waals surface area contributed by atoms with Crippen LogP contribution in [0, 0.1) is 11.8 Å². The van der Waals surface area contributed by atoms with E-state index in [1.165, 1.54) is 5.56 Å². The van der Waals surface area contributed by atoms with Crippen molar-refractivity contribution in [1.29, 1.82) is 0 Å². The maximum atomic E-state index is 13.0. The Hall–Kier alpha value is -2.14. The lowest BCUT2D eigenvalue weighted by Gasteiger charge is -2.33. The zero-order valence-electron chi connectivity index (χ0n) is 15.9. The van der Waals surface area contributed by atoms with Crippen LogP contribution in [-0.2, 0) is 16.0 Å². The van der Waals surface area contributed by atoms with Gasteiger partial charge in [0.05, 0.1) is 0 Å². The summed E-state index contributed by atoms with van der Waals surface area (Å²) in [4.78, 5) is 29.5. The Bertz CT molecular complexity index is 829. The number of piperidine rings is 1. The molecule has 2 aromatic carbocycles. The summed E-state index contributed by atoms with van der Waals surface area (Å²) in [5.41, 5.74) is 2.23. The fourth-order valence-electron chi connectivity index (χ4n) is 4.31. The van der Waals surface area contributed by atoms with Crippen molar-refractivity contribution in [2.45, 2.75) is 25.7 Å². The Balaban J connectivity index is 1.33. The summed E-state index contributed by atoms with van der Waals surface area (Å²) >= 11 is 3.42. The van der Waals surface area contributed by atoms with Crippen LogP contribution in [0.2, 0.25) is 0 Å². The summed E-state index contributed by atoms with van der Waals surface area (Å²) in [5, 5.41) is 0. The highest BCUT2D eigenvalue weighted by Crippen LogP contribution is 2.29. The highest BCUT2D eigenvalue weighted by molar-refractivity contribution is 9.10. The Morgan fingerprint density at radius 1 is 0.929 bits per heavy atom. The second-order valence-electron chi connectivity index (χ2n) is 7.77. The predicted molar refractivity (Wildman–Crippen MR) is 114 cm³/mol. The normalized spacial score (nSPS) is 20.6. The van der Waals surface area contributed by atoms with Gasteiger partial charge >= 0.3 is 0 Å². The van der Waals surface area contributed by atoms with Gasteiger partial charge in [-0.2, -0.15) is 0 Å². The number of benzene rings is 2. The SMILES string of the molecule is O=C([C@H]1CCN(c2ccc(Br)cc2)C1=O)N1CCC(Cc2ccccc2)CC1. The molecule has 2 amide bonds. The Morgan fingerprint density at radius 3 is 2.29 bits per heavy atom. The number of carbonyl (C=O) groups excluding carboxylic acids is 2. The summed E-state index contributed by atoms with van der Waals surface area (Å²) in [6.45, 7) is 2.14. The van der Waals surface area contributed by atoms with E-state index >= 15 is 0 Å². The fourth-order valence-corrected chi connectivity index (χ4v) is 4.58. The van der Waals surface area contributed by atoms with Gasteiger partial charge in [0, 0.05) is 29.8 Å². The van der Waals surface area contributed by atoms with Crippen LogP contribution < -0.4 is 4.90 Å². The van der Waals surface area contributed by atoms with Crippen LogP contribution in [0.25, 0.3) is 0 Å². The first kappa shape index (κ1) is 19.2. The lowest BCUT2D eigenvalue weighted by atomic mass is 9.89. The third kappa shape index (κ3) is 4.14. The minimum atomic E-state index is -0.519. The van der Waals surface area contributed by atoms with Crippen molar-refractivity contribution in [3.05, 3.63) is 64.6 Å². The van der Waals surface area contributed by atoms with E-state index in [9.17, 15) is 9.59 Å². The molecule has 0 saturated carbocycles. The first-order valence-corrected chi connectivity index (χ1v) is 10.8. The van der Waals surface area contributed by atoms with E-state index in [0.29, 0.717) is 18.9 Å². The van der Waals surface area contributed by atoms with Gasteiger partial charge in [-0.25, -0.2) is 0 Å². The summed E-state index contributed by atoms with van der Waals surface area (Å²) in [6.07, 6.45) is 3.70. The van der Waals surface area contributed by atoms with Gasteiger partial charge in [-0.15, -0.1) is 0 Å². The number of nitrogens with zero attached hydrogens (tertiary/aromatic N) is 2. The van der Waals surface area contributed by atoms with Crippen LogP contribution in [0.15, 0.2) is 59.1 Å². The molecule has 0 radical (unpaired) electrons. The minimum Gasteiger partial charge on any atom is -0.342 e. The van der Waals surface area contributed by atoms with E-state index in [-0.39, 0.29) is 11.8 Å². The second kappa shape index (κ2) is 8.48. The molecule has 0 aliphatic carbocycles. The molecule has 2 saturated heterocycles. The van der Waals surface area contributed by atoms with Crippen LogP contribution in [-0.4, -0.2) is 36.3 Å². The third-order valence-electron chi connectivity index (χ3n) is 5.94. The average molecular weight is 441 g/mol. The summed E-state index contributed by atoms with van der Waals surface area (Å²) in [5.74, 6) is 0.0563. The highest BCUT2D eigenvalue weighted by atomic mass is 79.9. The monoisotopic (exact) mass is 440 g/mol. The van der Waals surface area contributed by atoms with Crippen molar-refractivity contribution in [2.75, 3.05) is 24.5 Å². The van der Waals surface area contributed by atoms with Crippen molar-refractivity contribution < 1.29 is 9.59 Å². The summed E-state index contributed by atoms with van der Waals surface area (Å²) in [6, 6.07) is 18.2. The van der Waals surface area contributed by atoms with Crippen LogP contribution in [0.3, 0.4) is 0 Å². The van der Waals surface area contributed by atoms with Crippen LogP contribution >= 0.6 is 15.9 Å². The number of likely N-dealkylation sites (tertiary alicyclic amines) is 1. The smallest absolute Gasteiger partial charge is 0.239 e. The van der Waals surface area contributed by atoms with E-state index in [4.69, 9.17) is 0 Å². The highest BCUT2D eigenvalue weighted by Gasteiger charge is 2.40. The minimum absolute atomic E-state index is 0.0165. The first-order valence-electron chi connectivity index (χ1n) is 10.0. The maximum absolute atomic E-state index is 13.0. The molecule has 2 aliphatic heterocycles. The molecule has 0 unspecified atom stereocenters. The lowest BCUT2D eigenvalue weighted by Crippen LogP contribution is -2.44. The number of carbonyl (C=O) groups is 2. The molecule has 1 atom stereocenters. The molecule has 0 spiro atoms. The molecule has 28 heavy (non-hydrogen) atoms. The van der Waals surface area contributed by atoms with Crippen LogP contribution in [0.5, 0.6) is 0 Å². The molecule has 0 N–H and O–H groups in total. The number of hydrogen-bond donors (Lipinski definition) is 0. The molecule has 4 rings (SSSR count). The maximum Gasteiger partial charge on any atom is 0.239 e. The van der Waals surface area contributed by atoms with Crippen molar-refractivity contribution >= 4 is 33.4 Å². The van der Waals surface area contributed by atoms with Gasteiger partial charge in [-0.3, -0.25) is 9.59 Å². The molecule has 2 fully saturated rings. The quantitative estimate of drug-likeness (QED) is 0.665. The van der Waals surface area contributed by atoms with Gasteiger partial charge in [0.25, 0.3) is 0 Å². The lowest BCUT2D eigenvalue weighted by molar-refractivity contribution is -0.141. The number of rotatable bonds is 4. The predicted octanol–water partition coefficient (Wildman–Crippen LogP) is 4.28. The Morgan fingerprint density at radius 2 is 1.61 bits per heavy atom. The van der Waals surface area contributed by atoms with Gasteiger partial charge in [-0.05, 0) is 61.4 Å². The Kier molecular flexibility index (Phi) is 5.81. The largest absolute Gasteiger partial charge is 0.342 e. The van der Waals surface area contributed by atoms with E-state index < -0.39 is 5.92 Å². The molecule has 5 heteroatoms. The molecule has 2 heterocycles. The fraction of sp³-hybridized carbons (Fsp3) is 0.391. The van der Waals surface area contributed by atoms with Crippen LogP contribution in [0.4, 0.5) is 5.69 Å². The number of hydrogen-bond acceptors (Lipinski definition) is 2. The molecule has 4 nitrogen and oxygen atoms in total. The van der Waals surface area contributed by atoms with E-state index in [1.54, 1.807) is 4.90 Å². The molecular formula is C23H25BrN2O2. The molecule has 2 aliphatic rings. The van der Waals surface area contributed by atoms with E-state index in [2.05, 4.69) is 40.2 Å². The summed E-state index contributed by atoms with van der Waals surface area (Å²) < 4.78 is 0.980. The zero-order valence-corrected chi connectivity index (χ0v) is 17.5. The van der Waals surface area contributed by atoms with Crippen molar-refractivity contribution in [3.8, 4) is 0 Å². The topological polar surface area (TPSA) is 40.6 Å². The van der Waals surface area contributed by atoms with Gasteiger partial charge in [0.1, 0.15) is 5.92 Å². The third-order valence-corrected chi connectivity index (χ3v) is 6.46. The molecule has 0 bridgehead atoms. The number of anilines is 1. The zero-order chi connectivity index (χ0) is 19.5. The standard InChI is InChI=1S/C23H25BrN2O2/c24-19-6-8-20(9-7-19)26-15-12-21(23(26)28)22(27)25-13-10-18(11-14-25)16-17-4-2-1-3-5-17/h1-9,18,21H,10-16H2/t21-/m1/s1. The van der Waals surface area contributed by atoms with E-state index in [0.717, 1.165) is 42.5 Å². The number of halogens is 1. The van der Waals surface area contributed by atoms with Crippen molar-refractivity contribution in [1.82, 2.24) is 4.90 Å². The molecule has 146 valence electrons. The van der Waals surface area contributed by atoms with Gasteiger partial charge in [0.15, 0.2) is 0 Å². The van der Waals surface area contributed by atoms with Gasteiger partial charge in [0.2, 0.25) is 11.8 Å². The van der Waals surface area contributed by atoms with Gasteiger partial charge < -0.3 is 9.80 Å².